The predicted molar refractivity (Wildman–Crippen MR) is 105 cm³/mol. The summed E-state index contributed by atoms with van der Waals surface area (Å²) >= 11 is 0. The molecule has 3 aromatic rings. The highest BCUT2D eigenvalue weighted by Crippen LogP contribution is 2.32. The van der Waals surface area contributed by atoms with Crippen molar-refractivity contribution in [1.82, 2.24) is 10.2 Å². The number of carbonyl (C=O) groups is 1. The summed E-state index contributed by atoms with van der Waals surface area (Å²) in [6, 6.07) is 11.5. The summed E-state index contributed by atoms with van der Waals surface area (Å²) < 4.78 is 16.3. The van der Waals surface area contributed by atoms with Gasteiger partial charge in [-0.15, -0.1) is 22.6 Å². The van der Waals surface area contributed by atoms with Crippen LogP contribution in [0, 0.1) is 0 Å². The molecule has 0 saturated heterocycles. The van der Waals surface area contributed by atoms with E-state index in [2.05, 4.69) is 10.2 Å². The van der Waals surface area contributed by atoms with Crippen LogP contribution in [0.5, 0.6) is 11.5 Å². The van der Waals surface area contributed by atoms with Crippen LogP contribution in [0.4, 0.5) is 0 Å². The standard InChI is InChI=1S/C19H19N3O5.ClH/c1-25-15-8-7-13(10-16(15)26-2)18-22-21-17(27-18)12-5-3-11(4-6-12)9-14(20)19(23)24;/h3-8,10,14H,9,20H2,1-2H3,(H,23,24);1H/t14-;/m0./s1. The molecule has 1 atom stereocenters. The van der Waals surface area contributed by atoms with E-state index in [1.807, 2.05) is 0 Å². The second-order valence-corrected chi connectivity index (χ2v) is 5.83. The van der Waals surface area contributed by atoms with Gasteiger partial charge in [-0.1, -0.05) is 12.1 Å². The van der Waals surface area contributed by atoms with E-state index < -0.39 is 12.0 Å². The lowest BCUT2D eigenvalue weighted by molar-refractivity contribution is -0.138. The molecule has 0 aliphatic rings. The van der Waals surface area contributed by atoms with Crippen LogP contribution in [0.1, 0.15) is 5.56 Å². The van der Waals surface area contributed by atoms with Crippen LogP contribution in [0.15, 0.2) is 46.9 Å². The summed E-state index contributed by atoms with van der Waals surface area (Å²) in [6.07, 6.45) is 0.246. The number of carboxylic acids is 1. The molecule has 28 heavy (non-hydrogen) atoms. The molecule has 8 nitrogen and oxygen atoms in total. The molecule has 3 rings (SSSR count). The molecule has 1 heterocycles. The van der Waals surface area contributed by atoms with Crippen LogP contribution in [0.2, 0.25) is 0 Å². The van der Waals surface area contributed by atoms with Crippen LogP contribution in [-0.4, -0.2) is 41.5 Å². The van der Waals surface area contributed by atoms with Crippen LogP contribution in [0.3, 0.4) is 0 Å². The van der Waals surface area contributed by atoms with Gasteiger partial charge in [-0.2, -0.15) is 0 Å². The van der Waals surface area contributed by atoms with Gasteiger partial charge in [-0.3, -0.25) is 4.79 Å². The van der Waals surface area contributed by atoms with Gasteiger partial charge in [0, 0.05) is 11.1 Å². The molecule has 0 bridgehead atoms. The van der Waals surface area contributed by atoms with Gasteiger partial charge in [0.15, 0.2) is 11.5 Å². The van der Waals surface area contributed by atoms with Crippen molar-refractivity contribution < 1.29 is 23.8 Å². The number of aliphatic carboxylic acids is 1. The molecule has 3 N–H and O–H groups in total. The maximum Gasteiger partial charge on any atom is 0.320 e. The first-order chi connectivity index (χ1) is 13.0. The zero-order chi connectivity index (χ0) is 19.4. The molecule has 0 aliphatic heterocycles. The average molecular weight is 406 g/mol. The summed E-state index contributed by atoms with van der Waals surface area (Å²) in [5, 5.41) is 17.0. The van der Waals surface area contributed by atoms with Gasteiger partial charge in [0.25, 0.3) is 0 Å². The Balaban J connectivity index is 0.00000280. The van der Waals surface area contributed by atoms with E-state index in [-0.39, 0.29) is 18.8 Å². The molecule has 9 heteroatoms. The highest BCUT2D eigenvalue weighted by atomic mass is 35.5. The van der Waals surface area contributed by atoms with Crippen LogP contribution >= 0.6 is 12.4 Å². The van der Waals surface area contributed by atoms with Crippen molar-refractivity contribution in [2.45, 2.75) is 12.5 Å². The number of carboxylic acid groups (broad SMARTS) is 1. The molecular weight excluding hydrogens is 386 g/mol. The van der Waals surface area contributed by atoms with Crippen molar-refractivity contribution in [2.75, 3.05) is 14.2 Å². The molecule has 0 radical (unpaired) electrons. The highest BCUT2D eigenvalue weighted by molar-refractivity contribution is 5.85. The Morgan fingerprint density at radius 3 is 2.18 bits per heavy atom. The Morgan fingerprint density at radius 1 is 1.04 bits per heavy atom. The lowest BCUT2D eigenvalue weighted by atomic mass is 10.0. The minimum atomic E-state index is -1.03. The number of halogens is 1. The first-order valence-corrected chi connectivity index (χ1v) is 8.15. The summed E-state index contributed by atoms with van der Waals surface area (Å²) in [4.78, 5) is 10.8. The number of ether oxygens (including phenoxy) is 2. The van der Waals surface area contributed by atoms with Gasteiger partial charge >= 0.3 is 5.97 Å². The molecule has 0 aliphatic carbocycles. The number of methoxy groups -OCH3 is 2. The maximum atomic E-state index is 10.8. The Bertz CT molecular complexity index is 943. The Morgan fingerprint density at radius 2 is 1.61 bits per heavy atom. The van der Waals surface area contributed by atoms with E-state index in [1.54, 1.807) is 56.7 Å². The normalized spacial score (nSPS) is 11.4. The lowest BCUT2D eigenvalue weighted by Gasteiger charge is -2.07. The fourth-order valence-corrected chi connectivity index (χ4v) is 2.55. The van der Waals surface area contributed by atoms with Crippen molar-refractivity contribution in [1.29, 1.82) is 0 Å². The van der Waals surface area contributed by atoms with Crippen molar-refractivity contribution in [3.63, 3.8) is 0 Å². The fourth-order valence-electron chi connectivity index (χ4n) is 2.55. The van der Waals surface area contributed by atoms with Crippen molar-refractivity contribution in [3.8, 4) is 34.4 Å². The molecule has 0 saturated carbocycles. The van der Waals surface area contributed by atoms with Crippen LogP contribution in [-0.2, 0) is 11.2 Å². The van der Waals surface area contributed by atoms with E-state index >= 15 is 0 Å². The summed E-state index contributed by atoms with van der Waals surface area (Å²) in [7, 11) is 3.12. The van der Waals surface area contributed by atoms with Crippen LogP contribution in [0.25, 0.3) is 22.9 Å². The number of nitrogens with zero attached hydrogens (tertiary/aromatic N) is 2. The Kier molecular flexibility index (Phi) is 6.97. The molecule has 0 spiro atoms. The highest BCUT2D eigenvalue weighted by Gasteiger charge is 2.15. The smallest absolute Gasteiger partial charge is 0.320 e. The third kappa shape index (κ3) is 4.59. The monoisotopic (exact) mass is 405 g/mol. The van der Waals surface area contributed by atoms with E-state index in [0.29, 0.717) is 28.8 Å². The van der Waals surface area contributed by atoms with Crippen molar-refractivity contribution in [2.24, 2.45) is 5.73 Å². The van der Waals surface area contributed by atoms with E-state index in [4.69, 9.17) is 24.7 Å². The summed E-state index contributed by atoms with van der Waals surface area (Å²) in [5.41, 5.74) is 7.79. The molecule has 2 aromatic carbocycles. The first-order valence-electron chi connectivity index (χ1n) is 8.15. The van der Waals surface area contributed by atoms with Crippen molar-refractivity contribution >= 4 is 18.4 Å². The lowest BCUT2D eigenvalue weighted by Crippen LogP contribution is -2.32. The number of aromatic nitrogens is 2. The number of nitrogens with two attached hydrogens (primary N) is 1. The molecular formula is C19H20ClN3O5. The number of benzene rings is 2. The molecule has 0 unspecified atom stereocenters. The minimum Gasteiger partial charge on any atom is -0.493 e. The maximum absolute atomic E-state index is 10.8. The predicted octanol–water partition coefficient (Wildman–Crippen LogP) is 2.80. The molecule has 0 fully saturated rings. The van der Waals surface area contributed by atoms with Gasteiger partial charge < -0.3 is 24.7 Å². The summed E-state index contributed by atoms with van der Waals surface area (Å²) in [5.74, 6) is 0.845. The molecule has 0 amide bonds. The zero-order valence-electron chi connectivity index (χ0n) is 15.3. The van der Waals surface area contributed by atoms with E-state index in [9.17, 15) is 4.79 Å². The average Bonchev–Trinajstić information content (AvgIpc) is 3.18. The Hall–Kier alpha value is -3.10. The number of rotatable bonds is 7. The van der Waals surface area contributed by atoms with Crippen molar-refractivity contribution in [3.05, 3.63) is 48.0 Å². The Labute approximate surface area is 167 Å². The van der Waals surface area contributed by atoms with E-state index in [1.165, 1.54) is 0 Å². The van der Waals surface area contributed by atoms with Gasteiger partial charge in [0.1, 0.15) is 6.04 Å². The van der Waals surface area contributed by atoms with Crippen LogP contribution < -0.4 is 15.2 Å². The molecule has 1 aromatic heterocycles. The largest absolute Gasteiger partial charge is 0.493 e. The second kappa shape index (κ2) is 9.20. The third-order valence-corrected chi connectivity index (χ3v) is 4.03. The van der Waals surface area contributed by atoms with Gasteiger partial charge in [0.2, 0.25) is 11.8 Å². The molecule has 148 valence electrons. The SMILES string of the molecule is COc1ccc(-c2nnc(-c3ccc(C[C@H](N)C(=O)O)cc3)o2)cc1OC.Cl. The fraction of sp³-hybridized carbons (Fsp3) is 0.211. The quantitative estimate of drug-likeness (QED) is 0.615. The third-order valence-electron chi connectivity index (χ3n) is 4.03. The van der Waals surface area contributed by atoms with E-state index in [0.717, 1.165) is 11.1 Å². The minimum absolute atomic E-state index is 0. The van der Waals surface area contributed by atoms with Gasteiger partial charge in [0.05, 0.1) is 14.2 Å². The first kappa shape index (κ1) is 21.2. The zero-order valence-corrected chi connectivity index (χ0v) is 16.1. The van der Waals surface area contributed by atoms with Gasteiger partial charge in [-0.05, 0) is 42.3 Å². The van der Waals surface area contributed by atoms with Gasteiger partial charge in [-0.25, -0.2) is 0 Å². The summed E-state index contributed by atoms with van der Waals surface area (Å²) in [6.45, 7) is 0. The second-order valence-electron chi connectivity index (χ2n) is 5.83. The number of hydrogen-bond donors (Lipinski definition) is 2. The number of hydrogen-bond acceptors (Lipinski definition) is 7. The topological polar surface area (TPSA) is 121 Å².